The van der Waals surface area contributed by atoms with Crippen LogP contribution in [-0.2, 0) is 4.74 Å². The Morgan fingerprint density at radius 1 is 1.33 bits per heavy atom. The largest absolute Gasteiger partial charge is 0.373 e. The average molecular weight is 211 g/mol. The van der Waals surface area contributed by atoms with E-state index in [1.165, 1.54) is 32.1 Å². The maximum Gasteiger partial charge on any atom is 0.0870 e. The Hall–Kier alpha value is -0.340. The molecule has 0 saturated heterocycles. The molecule has 1 atom stereocenters. The lowest BCUT2D eigenvalue weighted by Gasteiger charge is -2.42. The van der Waals surface area contributed by atoms with Crippen LogP contribution in [0.1, 0.15) is 46.0 Å². The topological polar surface area (TPSA) is 21.3 Å². The predicted molar refractivity (Wildman–Crippen MR) is 65.1 cm³/mol. The molecule has 0 aromatic heterocycles. The number of ether oxygens (including phenoxy) is 1. The van der Waals surface area contributed by atoms with E-state index in [9.17, 15) is 0 Å². The van der Waals surface area contributed by atoms with Gasteiger partial charge in [-0.1, -0.05) is 32.3 Å². The van der Waals surface area contributed by atoms with Crippen LogP contribution in [-0.4, -0.2) is 24.8 Å². The highest BCUT2D eigenvalue weighted by Gasteiger charge is 2.38. The van der Waals surface area contributed by atoms with Gasteiger partial charge in [-0.3, -0.25) is 0 Å². The first-order valence-electron chi connectivity index (χ1n) is 6.29. The van der Waals surface area contributed by atoms with Gasteiger partial charge < -0.3 is 10.1 Å². The summed E-state index contributed by atoms with van der Waals surface area (Å²) < 4.78 is 6.04. The van der Waals surface area contributed by atoms with E-state index in [1.807, 2.05) is 6.08 Å². The van der Waals surface area contributed by atoms with Crippen molar-refractivity contribution in [2.45, 2.75) is 57.6 Å². The fourth-order valence-corrected chi connectivity index (χ4v) is 2.69. The second-order valence-electron chi connectivity index (χ2n) is 4.33. The van der Waals surface area contributed by atoms with Gasteiger partial charge in [0.25, 0.3) is 0 Å². The van der Waals surface area contributed by atoms with Gasteiger partial charge in [0.15, 0.2) is 0 Å². The van der Waals surface area contributed by atoms with Crippen molar-refractivity contribution in [1.29, 1.82) is 0 Å². The second-order valence-corrected chi connectivity index (χ2v) is 4.33. The van der Waals surface area contributed by atoms with E-state index in [2.05, 4.69) is 25.7 Å². The first-order valence-corrected chi connectivity index (χ1v) is 6.29. The van der Waals surface area contributed by atoms with E-state index >= 15 is 0 Å². The summed E-state index contributed by atoms with van der Waals surface area (Å²) in [5.41, 5.74) is 0.0186. The molecule has 0 spiro atoms. The van der Waals surface area contributed by atoms with Gasteiger partial charge >= 0.3 is 0 Å². The molecular weight excluding hydrogens is 186 g/mol. The lowest BCUT2D eigenvalue weighted by atomic mass is 9.79. The fraction of sp³-hybridized carbons (Fsp3) is 0.846. The molecule has 0 heterocycles. The van der Waals surface area contributed by atoms with Crippen LogP contribution in [0.4, 0.5) is 0 Å². The highest BCUT2D eigenvalue weighted by atomic mass is 16.5. The lowest BCUT2D eigenvalue weighted by Crippen LogP contribution is -2.52. The smallest absolute Gasteiger partial charge is 0.0870 e. The number of rotatable bonds is 6. The van der Waals surface area contributed by atoms with Crippen molar-refractivity contribution in [3.63, 3.8) is 0 Å². The Kier molecular flexibility index (Phi) is 5.34. The molecule has 0 amide bonds. The third-order valence-corrected chi connectivity index (χ3v) is 3.36. The van der Waals surface area contributed by atoms with Gasteiger partial charge in [0.05, 0.1) is 11.6 Å². The van der Waals surface area contributed by atoms with Gasteiger partial charge in [-0.2, -0.15) is 0 Å². The van der Waals surface area contributed by atoms with Gasteiger partial charge in [0.2, 0.25) is 0 Å². The Labute approximate surface area is 94.1 Å². The van der Waals surface area contributed by atoms with Crippen molar-refractivity contribution in [2.24, 2.45) is 0 Å². The molecule has 1 fully saturated rings. The quantitative estimate of drug-likeness (QED) is 0.682. The molecule has 15 heavy (non-hydrogen) atoms. The summed E-state index contributed by atoms with van der Waals surface area (Å²) in [4.78, 5) is 0. The highest BCUT2D eigenvalue weighted by Crippen LogP contribution is 2.35. The molecule has 0 radical (unpaired) electrons. The van der Waals surface area contributed by atoms with Gasteiger partial charge in [-0.05, 0) is 26.3 Å². The SMILES string of the molecule is C=CC(NCC)C1(OCC)CCCCC1. The molecule has 0 aromatic carbocycles. The van der Waals surface area contributed by atoms with Crippen LogP contribution in [0.5, 0.6) is 0 Å². The maximum absolute atomic E-state index is 6.04. The Morgan fingerprint density at radius 3 is 2.47 bits per heavy atom. The minimum Gasteiger partial charge on any atom is -0.373 e. The summed E-state index contributed by atoms with van der Waals surface area (Å²) in [6.45, 7) is 9.94. The summed E-state index contributed by atoms with van der Waals surface area (Å²) in [7, 11) is 0. The molecule has 0 aromatic rings. The first-order chi connectivity index (χ1) is 7.29. The lowest BCUT2D eigenvalue weighted by molar-refractivity contribution is -0.0792. The molecule has 0 aliphatic heterocycles. The molecule has 1 aliphatic carbocycles. The number of likely N-dealkylation sites (N-methyl/N-ethyl adjacent to an activating group) is 1. The van der Waals surface area contributed by atoms with Crippen LogP contribution < -0.4 is 5.32 Å². The van der Waals surface area contributed by atoms with Gasteiger partial charge in [-0.25, -0.2) is 0 Å². The predicted octanol–water partition coefficient (Wildman–Crippen LogP) is 2.89. The van der Waals surface area contributed by atoms with Crippen LogP contribution in [0.25, 0.3) is 0 Å². The normalized spacial score (nSPS) is 22.3. The van der Waals surface area contributed by atoms with Gasteiger partial charge in [0, 0.05) is 6.61 Å². The van der Waals surface area contributed by atoms with Crippen molar-refractivity contribution >= 4 is 0 Å². The highest BCUT2D eigenvalue weighted by molar-refractivity contribution is 5.04. The molecule has 1 saturated carbocycles. The standard InChI is InChI=1S/C13H25NO/c1-4-12(14-5-2)13(15-6-3)10-8-7-9-11-13/h4,12,14H,1,5-11H2,2-3H3. The monoisotopic (exact) mass is 211 g/mol. The van der Waals surface area contributed by atoms with Crippen molar-refractivity contribution in [1.82, 2.24) is 5.32 Å². The minimum absolute atomic E-state index is 0.0186. The van der Waals surface area contributed by atoms with Crippen LogP contribution in [0.15, 0.2) is 12.7 Å². The minimum atomic E-state index is 0.0186. The van der Waals surface area contributed by atoms with Gasteiger partial charge in [-0.15, -0.1) is 6.58 Å². The zero-order chi connectivity index (χ0) is 11.1. The van der Waals surface area contributed by atoms with E-state index in [0.29, 0.717) is 6.04 Å². The van der Waals surface area contributed by atoms with Crippen LogP contribution >= 0.6 is 0 Å². The molecule has 88 valence electrons. The van der Waals surface area contributed by atoms with E-state index in [0.717, 1.165) is 13.2 Å². The van der Waals surface area contributed by atoms with Crippen LogP contribution in [0, 0.1) is 0 Å². The first kappa shape index (κ1) is 12.7. The van der Waals surface area contributed by atoms with Crippen molar-refractivity contribution < 1.29 is 4.74 Å². The molecule has 2 nitrogen and oxygen atoms in total. The second kappa shape index (κ2) is 6.29. The summed E-state index contributed by atoms with van der Waals surface area (Å²) in [5, 5.41) is 3.48. The van der Waals surface area contributed by atoms with E-state index in [4.69, 9.17) is 4.74 Å². The number of hydrogen-bond acceptors (Lipinski definition) is 2. The van der Waals surface area contributed by atoms with Crippen molar-refractivity contribution in [3.8, 4) is 0 Å². The third-order valence-electron chi connectivity index (χ3n) is 3.36. The van der Waals surface area contributed by atoms with E-state index in [-0.39, 0.29) is 5.60 Å². The Bertz CT molecular complexity index is 179. The maximum atomic E-state index is 6.04. The number of nitrogens with one attached hydrogen (secondary N) is 1. The van der Waals surface area contributed by atoms with Crippen molar-refractivity contribution in [3.05, 3.63) is 12.7 Å². The summed E-state index contributed by atoms with van der Waals surface area (Å²) in [6.07, 6.45) is 8.29. The Morgan fingerprint density at radius 2 is 2.00 bits per heavy atom. The van der Waals surface area contributed by atoms with E-state index < -0.39 is 0 Å². The molecule has 1 rings (SSSR count). The third kappa shape index (κ3) is 3.05. The van der Waals surface area contributed by atoms with Crippen LogP contribution in [0.2, 0.25) is 0 Å². The summed E-state index contributed by atoms with van der Waals surface area (Å²) in [5.74, 6) is 0. The van der Waals surface area contributed by atoms with Gasteiger partial charge in [0.1, 0.15) is 0 Å². The number of hydrogen-bond donors (Lipinski definition) is 1. The van der Waals surface area contributed by atoms with Crippen molar-refractivity contribution in [2.75, 3.05) is 13.2 Å². The summed E-state index contributed by atoms with van der Waals surface area (Å²) in [6, 6.07) is 0.308. The molecule has 2 heteroatoms. The van der Waals surface area contributed by atoms with Crippen LogP contribution in [0.3, 0.4) is 0 Å². The Balaban J connectivity index is 2.71. The average Bonchev–Trinajstić information content (AvgIpc) is 2.27. The molecular formula is C13H25NO. The zero-order valence-electron chi connectivity index (χ0n) is 10.2. The fourth-order valence-electron chi connectivity index (χ4n) is 2.69. The molecule has 1 N–H and O–H groups in total. The van der Waals surface area contributed by atoms with E-state index in [1.54, 1.807) is 0 Å². The zero-order valence-corrected chi connectivity index (χ0v) is 10.2. The molecule has 1 unspecified atom stereocenters. The molecule has 0 bridgehead atoms. The molecule has 1 aliphatic rings. The summed E-state index contributed by atoms with van der Waals surface area (Å²) >= 11 is 0.